The first kappa shape index (κ1) is 13.5. The van der Waals surface area contributed by atoms with Gasteiger partial charge >= 0.3 is 0 Å². The molecule has 1 aromatic rings. The van der Waals surface area contributed by atoms with Gasteiger partial charge in [-0.3, -0.25) is 4.98 Å². The van der Waals surface area contributed by atoms with Gasteiger partial charge in [-0.2, -0.15) is 0 Å². The molecule has 2 heteroatoms. The molecule has 2 N–H and O–H groups in total. The van der Waals surface area contributed by atoms with Gasteiger partial charge in [-0.25, -0.2) is 0 Å². The van der Waals surface area contributed by atoms with E-state index in [4.69, 9.17) is 5.73 Å². The van der Waals surface area contributed by atoms with Gasteiger partial charge in [0.25, 0.3) is 0 Å². The molecule has 1 heterocycles. The third-order valence-electron chi connectivity index (χ3n) is 4.27. The lowest BCUT2D eigenvalue weighted by atomic mass is 9.84. The summed E-state index contributed by atoms with van der Waals surface area (Å²) in [5, 5.41) is 0. The van der Waals surface area contributed by atoms with Crippen molar-refractivity contribution in [3.8, 4) is 0 Å². The van der Waals surface area contributed by atoms with Gasteiger partial charge in [-0.1, -0.05) is 45.1 Å². The van der Waals surface area contributed by atoms with E-state index in [0.717, 1.165) is 24.5 Å². The van der Waals surface area contributed by atoms with Crippen LogP contribution in [0.2, 0.25) is 0 Å². The molecule has 100 valence electrons. The number of nitrogens with zero attached hydrogens (tertiary/aromatic N) is 1. The van der Waals surface area contributed by atoms with Gasteiger partial charge in [-0.05, 0) is 36.8 Å². The molecule has 0 saturated heterocycles. The Morgan fingerprint density at radius 2 is 2.11 bits per heavy atom. The summed E-state index contributed by atoms with van der Waals surface area (Å²) in [6.07, 6.45) is 12.4. The average molecular weight is 246 g/mol. The Morgan fingerprint density at radius 3 is 2.83 bits per heavy atom. The predicted octanol–water partition coefficient (Wildman–Crippen LogP) is 4.00. The fourth-order valence-electron chi connectivity index (χ4n) is 3.11. The molecule has 1 fully saturated rings. The van der Waals surface area contributed by atoms with Crippen molar-refractivity contribution in [3.05, 3.63) is 29.6 Å². The minimum Gasteiger partial charge on any atom is -0.323 e. The van der Waals surface area contributed by atoms with E-state index in [0.29, 0.717) is 0 Å². The Hall–Kier alpha value is -0.890. The summed E-state index contributed by atoms with van der Waals surface area (Å²) < 4.78 is 0. The van der Waals surface area contributed by atoms with E-state index in [1.807, 2.05) is 12.3 Å². The first-order chi connectivity index (χ1) is 8.81. The monoisotopic (exact) mass is 246 g/mol. The van der Waals surface area contributed by atoms with Crippen molar-refractivity contribution in [1.82, 2.24) is 4.98 Å². The third kappa shape index (κ3) is 3.55. The smallest absolute Gasteiger partial charge is 0.0602 e. The minimum absolute atomic E-state index is 0.128. The summed E-state index contributed by atoms with van der Waals surface area (Å²) in [4.78, 5) is 4.49. The summed E-state index contributed by atoms with van der Waals surface area (Å²) in [5.74, 6) is 0.915. The molecule has 2 rings (SSSR count). The second-order valence-electron chi connectivity index (χ2n) is 5.59. The number of nitrogens with two attached hydrogens (primary N) is 1. The molecule has 1 aliphatic carbocycles. The zero-order valence-electron chi connectivity index (χ0n) is 11.6. The normalized spacial score (nSPS) is 18.8. The van der Waals surface area contributed by atoms with E-state index < -0.39 is 0 Å². The lowest BCUT2D eigenvalue weighted by Crippen LogP contribution is -2.16. The quantitative estimate of drug-likeness (QED) is 0.852. The lowest BCUT2D eigenvalue weighted by Gasteiger charge is -2.23. The van der Waals surface area contributed by atoms with E-state index >= 15 is 0 Å². The molecule has 0 amide bonds. The fourth-order valence-corrected chi connectivity index (χ4v) is 3.11. The molecular weight excluding hydrogens is 220 g/mol. The zero-order chi connectivity index (χ0) is 12.8. The van der Waals surface area contributed by atoms with Gasteiger partial charge < -0.3 is 5.73 Å². The van der Waals surface area contributed by atoms with Gasteiger partial charge in [0, 0.05) is 12.2 Å². The topological polar surface area (TPSA) is 38.9 Å². The molecule has 18 heavy (non-hydrogen) atoms. The van der Waals surface area contributed by atoms with Crippen LogP contribution in [0.15, 0.2) is 18.3 Å². The highest BCUT2D eigenvalue weighted by molar-refractivity contribution is 5.22. The third-order valence-corrected chi connectivity index (χ3v) is 4.27. The number of pyridine rings is 1. The van der Waals surface area contributed by atoms with Crippen LogP contribution in [0.4, 0.5) is 0 Å². The Balaban J connectivity index is 1.88. The zero-order valence-corrected chi connectivity index (χ0v) is 11.6. The van der Waals surface area contributed by atoms with Crippen molar-refractivity contribution in [3.63, 3.8) is 0 Å². The van der Waals surface area contributed by atoms with E-state index in [-0.39, 0.29) is 6.04 Å². The molecule has 1 unspecified atom stereocenters. The molecule has 1 aliphatic rings. The van der Waals surface area contributed by atoms with Crippen LogP contribution in [0, 0.1) is 5.92 Å². The van der Waals surface area contributed by atoms with E-state index in [9.17, 15) is 0 Å². The van der Waals surface area contributed by atoms with Crippen molar-refractivity contribution in [2.24, 2.45) is 11.7 Å². The van der Waals surface area contributed by atoms with E-state index in [1.165, 1.54) is 44.1 Å². The fraction of sp³-hybridized carbons (Fsp3) is 0.688. The highest BCUT2D eigenvalue weighted by atomic mass is 14.8. The molecule has 0 spiro atoms. The molecule has 0 aromatic carbocycles. The van der Waals surface area contributed by atoms with Crippen LogP contribution >= 0.6 is 0 Å². The summed E-state index contributed by atoms with van der Waals surface area (Å²) in [5.41, 5.74) is 8.76. The number of aromatic nitrogens is 1. The summed E-state index contributed by atoms with van der Waals surface area (Å²) in [6, 6.07) is 4.29. The van der Waals surface area contributed by atoms with Gasteiger partial charge in [0.1, 0.15) is 0 Å². The van der Waals surface area contributed by atoms with Crippen LogP contribution in [0.5, 0.6) is 0 Å². The molecule has 2 nitrogen and oxygen atoms in total. The standard InChI is InChI=1S/C16H26N2/c1-2-14-9-6-12-18-16(14)15(17)11-10-13-7-4-3-5-8-13/h6,9,12-13,15H,2-5,7-8,10-11,17H2,1H3. The van der Waals surface area contributed by atoms with Crippen LogP contribution in [0.3, 0.4) is 0 Å². The molecular formula is C16H26N2. The Morgan fingerprint density at radius 1 is 1.33 bits per heavy atom. The second-order valence-corrected chi connectivity index (χ2v) is 5.59. The van der Waals surface area contributed by atoms with Crippen molar-refractivity contribution >= 4 is 0 Å². The maximum absolute atomic E-state index is 6.33. The number of rotatable bonds is 5. The Kier molecular flexibility index (Phi) is 5.18. The number of aryl methyl sites for hydroxylation is 1. The lowest BCUT2D eigenvalue weighted by molar-refractivity contribution is 0.323. The maximum atomic E-state index is 6.33. The van der Waals surface area contributed by atoms with Crippen molar-refractivity contribution < 1.29 is 0 Å². The number of hydrogen-bond acceptors (Lipinski definition) is 2. The van der Waals surface area contributed by atoms with E-state index in [1.54, 1.807) is 0 Å². The molecule has 1 atom stereocenters. The molecule has 0 bridgehead atoms. The molecule has 1 aromatic heterocycles. The largest absolute Gasteiger partial charge is 0.323 e. The van der Waals surface area contributed by atoms with Crippen molar-refractivity contribution in [2.45, 2.75) is 64.3 Å². The molecule has 1 saturated carbocycles. The first-order valence-corrected chi connectivity index (χ1v) is 7.50. The maximum Gasteiger partial charge on any atom is 0.0602 e. The Labute approximate surface area is 111 Å². The van der Waals surface area contributed by atoms with Gasteiger partial charge in [0.15, 0.2) is 0 Å². The van der Waals surface area contributed by atoms with Crippen LogP contribution in [-0.2, 0) is 6.42 Å². The van der Waals surface area contributed by atoms with Gasteiger partial charge in [0.2, 0.25) is 0 Å². The van der Waals surface area contributed by atoms with Gasteiger partial charge in [0.05, 0.1) is 5.69 Å². The first-order valence-electron chi connectivity index (χ1n) is 7.50. The van der Waals surface area contributed by atoms with Crippen LogP contribution in [0.1, 0.15) is 69.2 Å². The van der Waals surface area contributed by atoms with Gasteiger partial charge in [-0.15, -0.1) is 0 Å². The van der Waals surface area contributed by atoms with E-state index in [2.05, 4.69) is 18.0 Å². The van der Waals surface area contributed by atoms with Crippen LogP contribution < -0.4 is 5.73 Å². The Bertz CT molecular complexity index is 356. The van der Waals surface area contributed by atoms with Crippen LogP contribution in [-0.4, -0.2) is 4.98 Å². The highest BCUT2D eigenvalue weighted by Gasteiger charge is 2.17. The highest BCUT2D eigenvalue weighted by Crippen LogP contribution is 2.29. The molecule has 0 radical (unpaired) electrons. The van der Waals surface area contributed by atoms with Crippen molar-refractivity contribution in [2.75, 3.05) is 0 Å². The minimum atomic E-state index is 0.128. The van der Waals surface area contributed by atoms with Crippen LogP contribution in [0.25, 0.3) is 0 Å². The summed E-state index contributed by atoms with van der Waals surface area (Å²) in [6.45, 7) is 2.17. The SMILES string of the molecule is CCc1cccnc1C(N)CCC1CCCCC1. The second kappa shape index (κ2) is 6.89. The summed E-state index contributed by atoms with van der Waals surface area (Å²) >= 11 is 0. The number of hydrogen-bond donors (Lipinski definition) is 1. The van der Waals surface area contributed by atoms with Crippen molar-refractivity contribution in [1.29, 1.82) is 0 Å². The predicted molar refractivity (Wildman–Crippen MR) is 76.4 cm³/mol. The summed E-state index contributed by atoms with van der Waals surface area (Å²) in [7, 11) is 0. The molecule has 0 aliphatic heterocycles. The average Bonchev–Trinajstić information content (AvgIpc) is 2.45.